The molecule has 27 heavy (non-hydrogen) atoms. The number of fused-ring (bicyclic) bond motifs is 1. The lowest BCUT2D eigenvalue weighted by molar-refractivity contribution is -0.129. The fraction of sp³-hybridized carbons (Fsp3) is 0.250. The quantitative estimate of drug-likeness (QED) is 0.642. The molecule has 2 heterocycles. The van der Waals surface area contributed by atoms with Crippen molar-refractivity contribution in [3.63, 3.8) is 0 Å². The van der Waals surface area contributed by atoms with E-state index in [1.165, 1.54) is 0 Å². The normalized spacial score (nSPS) is 17.5. The molecule has 1 aliphatic rings. The molecular formula is C20H19N5O2. The van der Waals surface area contributed by atoms with Crippen molar-refractivity contribution in [2.24, 2.45) is 0 Å². The maximum absolute atomic E-state index is 12.1. The Balaban J connectivity index is 1.43. The molecule has 0 spiro atoms. The van der Waals surface area contributed by atoms with Crippen LogP contribution in [0.5, 0.6) is 0 Å². The Labute approximate surface area is 156 Å². The van der Waals surface area contributed by atoms with Crippen LogP contribution in [0.4, 0.5) is 0 Å². The van der Waals surface area contributed by atoms with E-state index in [2.05, 4.69) is 39.0 Å². The van der Waals surface area contributed by atoms with Gasteiger partial charge in [0, 0.05) is 18.4 Å². The van der Waals surface area contributed by atoms with Gasteiger partial charge in [-0.3, -0.25) is 15.2 Å². The van der Waals surface area contributed by atoms with Crippen molar-refractivity contribution in [3.8, 4) is 17.2 Å². The van der Waals surface area contributed by atoms with Gasteiger partial charge in [0.25, 0.3) is 5.91 Å². The van der Waals surface area contributed by atoms with Gasteiger partial charge in [0.05, 0.1) is 24.5 Å². The second kappa shape index (κ2) is 7.58. The predicted octanol–water partition coefficient (Wildman–Crippen LogP) is 1.73. The van der Waals surface area contributed by atoms with Crippen LogP contribution in [0.25, 0.3) is 22.0 Å². The van der Waals surface area contributed by atoms with Crippen molar-refractivity contribution in [3.05, 3.63) is 54.2 Å². The highest BCUT2D eigenvalue weighted by molar-refractivity contribution is 5.84. The van der Waals surface area contributed by atoms with E-state index in [0.29, 0.717) is 19.7 Å². The number of nitrogens with one attached hydrogen (secondary N) is 3. The van der Waals surface area contributed by atoms with Crippen molar-refractivity contribution in [1.82, 2.24) is 20.8 Å². The van der Waals surface area contributed by atoms with E-state index in [4.69, 9.17) is 4.74 Å². The Morgan fingerprint density at radius 1 is 1.30 bits per heavy atom. The molecule has 3 N–H and O–H groups in total. The lowest BCUT2D eigenvalue weighted by Gasteiger charge is -2.15. The van der Waals surface area contributed by atoms with Gasteiger partial charge in [-0.25, -0.2) is 0 Å². The number of benzene rings is 2. The number of aromatic amines is 1. The molecule has 0 saturated carbocycles. The molecule has 0 radical (unpaired) electrons. The number of hydrogen-bond donors (Lipinski definition) is 3. The van der Waals surface area contributed by atoms with Gasteiger partial charge in [-0.05, 0) is 22.8 Å². The fourth-order valence-electron chi connectivity index (χ4n) is 3.16. The van der Waals surface area contributed by atoms with Crippen LogP contribution >= 0.6 is 0 Å². The lowest BCUT2D eigenvalue weighted by atomic mass is 10.00. The number of carbonyl (C=O) groups is 1. The van der Waals surface area contributed by atoms with Gasteiger partial charge in [0.15, 0.2) is 0 Å². The van der Waals surface area contributed by atoms with Crippen molar-refractivity contribution in [2.75, 3.05) is 13.3 Å². The maximum atomic E-state index is 12.1. The predicted molar refractivity (Wildman–Crippen MR) is 101 cm³/mol. The summed E-state index contributed by atoms with van der Waals surface area (Å²) in [6.45, 7) is 0.834. The molecule has 1 aliphatic heterocycles. The molecule has 0 unspecified atom stereocenters. The van der Waals surface area contributed by atoms with Gasteiger partial charge in [-0.1, -0.05) is 36.4 Å². The third-order valence-electron chi connectivity index (χ3n) is 4.65. The van der Waals surface area contributed by atoms with Gasteiger partial charge in [0.1, 0.15) is 12.1 Å². The van der Waals surface area contributed by atoms with Crippen molar-refractivity contribution in [2.45, 2.75) is 18.6 Å². The molecule has 1 fully saturated rings. The Kier molecular flexibility index (Phi) is 4.83. The summed E-state index contributed by atoms with van der Waals surface area (Å²) < 4.78 is 5.26. The van der Waals surface area contributed by atoms with E-state index in [9.17, 15) is 10.1 Å². The zero-order valence-corrected chi connectivity index (χ0v) is 14.6. The molecule has 7 nitrogen and oxygen atoms in total. The molecule has 3 aromatic rings. The number of H-pyrrole nitrogens is 1. The average molecular weight is 361 g/mol. The minimum absolute atomic E-state index is 0.254. The standard InChI is InChI=1S/C20H19N5O2/c21-9-17(24-20(26)19-11-22-12-27-19)7-13-1-3-14(4-2-13)15-5-6-16-10-23-25-18(16)8-15/h1-6,8,10,17,19,22H,7,11-12H2,(H,23,25)(H,24,26)/t17-,19-/m0/s1. The van der Waals surface area contributed by atoms with Crippen LogP contribution in [-0.2, 0) is 16.0 Å². The minimum atomic E-state index is -0.589. The molecule has 1 saturated heterocycles. The summed E-state index contributed by atoms with van der Waals surface area (Å²) >= 11 is 0. The van der Waals surface area contributed by atoms with Crippen molar-refractivity contribution >= 4 is 16.8 Å². The first kappa shape index (κ1) is 17.2. The number of nitrogens with zero attached hydrogens (tertiary/aromatic N) is 2. The Morgan fingerprint density at radius 2 is 2.11 bits per heavy atom. The summed E-state index contributed by atoms with van der Waals surface area (Å²) in [6.07, 6.45) is 1.72. The van der Waals surface area contributed by atoms with Gasteiger partial charge >= 0.3 is 0 Å². The summed E-state index contributed by atoms with van der Waals surface area (Å²) in [4.78, 5) is 12.1. The molecule has 2 aromatic carbocycles. The minimum Gasteiger partial charge on any atom is -0.352 e. The van der Waals surface area contributed by atoms with Crippen LogP contribution in [0.1, 0.15) is 5.56 Å². The van der Waals surface area contributed by atoms with E-state index in [1.54, 1.807) is 6.20 Å². The second-order valence-electron chi connectivity index (χ2n) is 6.52. The van der Waals surface area contributed by atoms with E-state index < -0.39 is 12.1 Å². The molecule has 7 heteroatoms. The van der Waals surface area contributed by atoms with E-state index in [0.717, 1.165) is 27.6 Å². The SMILES string of the molecule is N#C[C@H](Cc1ccc(-c2ccc3cn[nH]c3c2)cc1)NC(=O)[C@@H]1CNCO1. The lowest BCUT2D eigenvalue weighted by Crippen LogP contribution is -2.43. The summed E-state index contributed by atoms with van der Waals surface area (Å²) in [6, 6.07) is 15.7. The molecule has 0 aliphatic carbocycles. The average Bonchev–Trinajstić information content (AvgIpc) is 3.39. The maximum Gasteiger partial charge on any atom is 0.251 e. The van der Waals surface area contributed by atoms with Crippen LogP contribution in [0.3, 0.4) is 0 Å². The third-order valence-corrected chi connectivity index (χ3v) is 4.65. The molecule has 4 rings (SSSR count). The summed E-state index contributed by atoms with van der Waals surface area (Å²) in [5.41, 5.74) is 4.15. The smallest absolute Gasteiger partial charge is 0.251 e. The van der Waals surface area contributed by atoms with Gasteiger partial charge in [-0.15, -0.1) is 0 Å². The van der Waals surface area contributed by atoms with E-state index >= 15 is 0 Å². The second-order valence-corrected chi connectivity index (χ2v) is 6.52. The number of carbonyl (C=O) groups excluding carboxylic acids is 1. The van der Waals surface area contributed by atoms with Crippen molar-refractivity contribution in [1.29, 1.82) is 5.26 Å². The molecule has 1 amide bonds. The largest absolute Gasteiger partial charge is 0.352 e. The highest BCUT2D eigenvalue weighted by Gasteiger charge is 2.25. The number of aromatic nitrogens is 2. The van der Waals surface area contributed by atoms with Crippen LogP contribution in [0.2, 0.25) is 0 Å². The topological polar surface area (TPSA) is 103 Å². The number of amides is 1. The van der Waals surface area contributed by atoms with Crippen molar-refractivity contribution < 1.29 is 9.53 Å². The first-order valence-electron chi connectivity index (χ1n) is 8.78. The Morgan fingerprint density at radius 3 is 2.85 bits per heavy atom. The Hall–Kier alpha value is -3.21. The molecular weight excluding hydrogens is 342 g/mol. The molecule has 1 aromatic heterocycles. The summed E-state index contributed by atoms with van der Waals surface area (Å²) in [5.74, 6) is -0.254. The zero-order valence-electron chi connectivity index (χ0n) is 14.6. The number of rotatable bonds is 5. The Bertz CT molecular complexity index is 984. The first-order valence-corrected chi connectivity index (χ1v) is 8.78. The fourth-order valence-corrected chi connectivity index (χ4v) is 3.16. The number of hydrogen-bond acceptors (Lipinski definition) is 5. The zero-order chi connectivity index (χ0) is 18.6. The number of nitriles is 1. The van der Waals surface area contributed by atoms with Crippen LogP contribution < -0.4 is 10.6 Å². The summed E-state index contributed by atoms with van der Waals surface area (Å²) in [7, 11) is 0. The van der Waals surface area contributed by atoms with E-state index in [1.807, 2.05) is 30.3 Å². The summed E-state index contributed by atoms with van der Waals surface area (Å²) in [5, 5.41) is 23.1. The van der Waals surface area contributed by atoms with E-state index in [-0.39, 0.29) is 5.91 Å². The van der Waals surface area contributed by atoms with Gasteiger partial charge in [0.2, 0.25) is 0 Å². The van der Waals surface area contributed by atoms with Crippen LogP contribution in [0, 0.1) is 11.3 Å². The molecule has 2 atom stereocenters. The van der Waals surface area contributed by atoms with Gasteiger partial charge in [-0.2, -0.15) is 10.4 Å². The highest BCUT2D eigenvalue weighted by Crippen LogP contribution is 2.24. The molecule has 0 bridgehead atoms. The third kappa shape index (κ3) is 3.82. The monoisotopic (exact) mass is 361 g/mol. The first-order chi connectivity index (χ1) is 13.2. The molecule has 136 valence electrons. The van der Waals surface area contributed by atoms with Gasteiger partial charge < -0.3 is 10.1 Å². The number of ether oxygens (including phenoxy) is 1. The van der Waals surface area contributed by atoms with Crippen LogP contribution in [-0.4, -0.2) is 41.5 Å². The highest BCUT2D eigenvalue weighted by atomic mass is 16.5. The van der Waals surface area contributed by atoms with Crippen LogP contribution in [0.15, 0.2) is 48.7 Å².